The molecule has 0 amide bonds. The van der Waals surface area contributed by atoms with Gasteiger partial charge in [-0.25, -0.2) is 0 Å². The zero-order valence-corrected chi connectivity index (χ0v) is 10.6. The summed E-state index contributed by atoms with van der Waals surface area (Å²) >= 11 is 0. The summed E-state index contributed by atoms with van der Waals surface area (Å²) in [4.78, 5) is 11.1. The fourth-order valence-electron chi connectivity index (χ4n) is 0.879. The van der Waals surface area contributed by atoms with Crippen molar-refractivity contribution in [2.75, 3.05) is 19.8 Å². The first-order valence-electron chi connectivity index (χ1n) is 5.57. The van der Waals surface area contributed by atoms with Gasteiger partial charge in [-0.3, -0.25) is 4.79 Å². The van der Waals surface area contributed by atoms with Crippen molar-refractivity contribution in [2.24, 2.45) is 11.3 Å². The maximum Gasteiger partial charge on any atom is 0.308 e. The number of carbonyl (C=O) groups is 1. The van der Waals surface area contributed by atoms with E-state index in [0.717, 1.165) is 13.0 Å². The van der Waals surface area contributed by atoms with E-state index in [1.807, 2.05) is 13.8 Å². The molecular weight excluding hydrogens is 192 g/mol. The zero-order valence-electron chi connectivity index (χ0n) is 10.6. The van der Waals surface area contributed by atoms with Gasteiger partial charge in [0.2, 0.25) is 0 Å². The summed E-state index contributed by atoms with van der Waals surface area (Å²) in [5.74, 6) is -0.175. The molecule has 0 saturated heterocycles. The third-order valence-corrected chi connectivity index (χ3v) is 1.68. The summed E-state index contributed by atoms with van der Waals surface area (Å²) in [7, 11) is 0. The minimum atomic E-state index is -0.133. The average molecular weight is 216 g/mol. The Labute approximate surface area is 93.1 Å². The largest absolute Gasteiger partial charge is 0.465 e. The molecule has 0 fully saturated rings. The van der Waals surface area contributed by atoms with E-state index in [2.05, 4.69) is 20.8 Å². The van der Waals surface area contributed by atoms with Gasteiger partial charge < -0.3 is 9.47 Å². The summed E-state index contributed by atoms with van der Waals surface area (Å²) in [6.07, 6.45) is 0.772. The Morgan fingerprint density at radius 2 is 1.80 bits per heavy atom. The highest BCUT2D eigenvalue weighted by Gasteiger charge is 2.10. The van der Waals surface area contributed by atoms with E-state index in [4.69, 9.17) is 9.47 Å². The van der Waals surface area contributed by atoms with E-state index in [1.54, 1.807) is 0 Å². The summed E-state index contributed by atoms with van der Waals surface area (Å²) in [6.45, 7) is 11.9. The Bertz CT molecular complexity index is 180. The summed E-state index contributed by atoms with van der Waals surface area (Å²) in [5, 5.41) is 0. The molecule has 15 heavy (non-hydrogen) atoms. The highest BCUT2D eigenvalue weighted by molar-refractivity contribution is 5.71. The fraction of sp³-hybridized carbons (Fsp3) is 0.917. The summed E-state index contributed by atoms with van der Waals surface area (Å²) < 4.78 is 10.5. The van der Waals surface area contributed by atoms with Crippen molar-refractivity contribution in [1.29, 1.82) is 0 Å². The van der Waals surface area contributed by atoms with Gasteiger partial charge in [-0.15, -0.1) is 0 Å². The van der Waals surface area contributed by atoms with Crippen LogP contribution in [0.4, 0.5) is 0 Å². The zero-order chi connectivity index (χ0) is 11.9. The lowest BCUT2D eigenvalue weighted by Crippen LogP contribution is -2.17. The summed E-state index contributed by atoms with van der Waals surface area (Å²) in [6, 6.07) is 0. The molecule has 0 radical (unpaired) electrons. The average Bonchev–Trinajstić information content (AvgIpc) is 2.08. The molecule has 0 aromatic carbocycles. The normalized spacial score (nSPS) is 11.9. The van der Waals surface area contributed by atoms with Crippen molar-refractivity contribution in [1.82, 2.24) is 0 Å². The maximum atomic E-state index is 11.1. The van der Waals surface area contributed by atoms with Gasteiger partial charge >= 0.3 is 5.97 Å². The number of esters is 1. The molecule has 0 rings (SSSR count). The molecule has 0 aliphatic rings. The van der Waals surface area contributed by atoms with Crippen molar-refractivity contribution in [3.63, 3.8) is 0 Å². The molecular formula is C12H24O3. The van der Waals surface area contributed by atoms with E-state index >= 15 is 0 Å². The van der Waals surface area contributed by atoms with Crippen LogP contribution in [0.25, 0.3) is 0 Å². The maximum absolute atomic E-state index is 11.1. The van der Waals surface area contributed by atoms with Crippen LogP contribution in [0, 0.1) is 11.3 Å². The Hall–Kier alpha value is -0.570. The highest BCUT2D eigenvalue weighted by atomic mass is 16.5. The van der Waals surface area contributed by atoms with Crippen LogP contribution in [0.2, 0.25) is 0 Å². The SMILES string of the molecule is CC(C)C(=O)OCCCOCC(C)(C)C. The molecule has 0 saturated carbocycles. The third kappa shape index (κ3) is 9.73. The van der Waals surface area contributed by atoms with E-state index in [1.165, 1.54) is 0 Å². The fourth-order valence-corrected chi connectivity index (χ4v) is 0.879. The molecule has 90 valence electrons. The van der Waals surface area contributed by atoms with Crippen LogP contribution >= 0.6 is 0 Å². The number of rotatable bonds is 6. The lowest BCUT2D eigenvalue weighted by molar-refractivity contribution is -0.147. The number of ether oxygens (including phenoxy) is 2. The van der Waals surface area contributed by atoms with Crippen LogP contribution in [0.15, 0.2) is 0 Å². The smallest absolute Gasteiger partial charge is 0.308 e. The molecule has 0 heterocycles. The first-order valence-corrected chi connectivity index (χ1v) is 5.57. The van der Waals surface area contributed by atoms with Gasteiger partial charge in [-0.2, -0.15) is 0 Å². The number of carbonyl (C=O) groups excluding carboxylic acids is 1. The van der Waals surface area contributed by atoms with Crippen LogP contribution in [0.5, 0.6) is 0 Å². The summed E-state index contributed by atoms with van der Waals surface area (Å²) in [5.41, 5.74) is 0.203. The molecule has 0 unspecified atom stereocenters. The predicted molar refractivity (Wildman–Crippen MR) is 60.7 cm³/mol. The van der Waals surface area contributed by atoms with Crippen molar-refractivity contribution in [2.45, 2.75) is 41.0 Å². The van der Waals surface area contributed by atoms with Gasteiger partial charge in [-0.05, 0) is 5.41 Å². The molecule has 0 atom stereocenters. The molecule has 0 aliphatic heterocycles. The van der Waals surface area contributed by atoms with E-state index in [0.29, 0.717) is 13.2 Å². The molecule has 0 bridgehead atoms. The van der Waals surface area contributed by atoms with Crippen LogP contribution in [-0.2, 0) is 14.3 Å². The van der Waals surface area contributed by atoms with Crippen LogP contribution in [-0.4, -0.2) is 25.8 Å². The Balaban J connectivity index is 3.30. The Kier molecular flexibility index (Phi) is 6.57. The van der Waals surface area contributed by atoms with Crippen molar-refractivity contribution < 1.29 is 14.3 Å². The molecule has 0 aromatic heterocycles. The van der Waals surface area contributed by atoms with Crippen molar-refractivity contribution in [3.8, 4) is 0 Å². The molecule has 0 aliphatic carbocycles. The standard InChI is InChI=1S/C12H24O3/c1-10(2)11(13)15-8-6-7-14-9-12(3,4)5/h10H,6-9H2,1-5H3. The van der Waals surface area contributed by atoms with Crippen LogP contribution in [0.3, 0.4) is 0 Å². The Morgan fingerprint density at radius 1 is 1.20 bits per heavy atom. The number of hydrogen-bond donors (Lipinski definition) is 0. The second-order valence-corrected chi connectivity index (χ2v) is 5.29. The van der Waals surface area contributed by atoms with Crippen LogP contribution in [0.1, 0.15) is 41.0 Å². The monoisotopic (exact) mass is 216 g/mol. The quantitative estimate of drug-likeness (QED) is 0.506. The molecule has 3 nitrogen and oxygen atoms in total. The second-order valence-electron chi connectivity index (χ2n) is 5.29. The molecule has 0 N–H and O–H groups in total. The van der Waals surface area contributed by atoms with Gasteiger partial charge in [0, 0.05) is 13.0 Å². The van der Waals surface area contributed by atoms with E-state index in [9.17, 15) is 4.79 Å². The van der Waals surface area contributed by atoms with Crippen molar-refractivity contribution in [3.05, 3.63) is 0 Å². The minimum absolute atomic E-state index is 0.0412. The predicted octanol–water partition coefficient (Wildman–Crippen LogP) is 2.64. The van der Waals surface area contributed by atoms with Gasteiger partial charge in [0.15, 0.2) is 0 Å². The second kappa shape index (κ2) is 6.83. The first-order chi connectivity index (χ1) is 6.83. The third-order valence-electron chi connectivity index (χ3n) is 1.68. The van der Waals surface area contributed by atoms with Crippen LogP contribution < -0.4 is 0 Å². The van der Waals surface area contributed by atoms with Crippen molar-refractivity contribution >= 4 is 5.97 Å². The topological polar surface area (TPSA) is 35.5 Å². The van der Waals surface area contributed by atoms with Gasteiger partial charge in [-0.1, -0.05) is 34.6 Å². The highest BCUT2D eigenvalue weighted by Crippen LogP contribution is 2.12. The van der Waals surface area contributed by atoms with Gasteiger partial charge in [0.1, 0.15) is 0 Å². The lowest BCUT2D eigenvalue weighted by atomic mass is 9.99. The Morgan fingerprint density at radius 3 is 2.27 bits per heavy atom. The number of hydrogen-bond acceptors (Lipinski definition) is 3. The van der Waals surface area contributed by atoms with E-state index in [-0.39, 0.29) is 17.3 Å². The van der Waals surface area contributed by atoms with Gasteiger partial charge in [0.05, 0.1) is 19.1 Å². The van der Waals surface area contributed by atoms with Gasteiger partial charge in [0.25, 0.3) is 0 Å². The molecule has 3 heteroatoms. The van der Waals surface area contributed by atoms with E-state index < -0.39 is 0 Å². The lowest BCUT2D eigenvalue weighted by Gasteiger charge is -2.17. The molecule has 0 spiro atoms. The first kappa shape index (κ1) is 14.4. The molecule has 0 aromatic rings. The minimum Gasteiger partial charge on any atom is -0.465 e.